The summed E-state index contributed by atoms with van der Waals surface area (Å²) in [5, 5.41) is 2.82. The zero-order chi connectivity index (χ0) is 19.4. The number of nitrogens with zero attached hydrogens (tertiary/aromatic N) is 1. The van der Waals surface area contributed by atoms with Crippen LogP contribution >= 0.6 is 0 Å². The molecule has 0 aliphatic carbocycles. The van der Waals surface area contributed by atoms with E-state index in [9.17, 15) is 14.4 Å². The van der Waals surface area contributed by atoms with E-state index in [1.54, 1.807) is 17.0 Å². The first kappa shape index (κ1) is 18.8. The predicted octanol–water partition coefficient (Wildman–Crippen LogP) is 4.03. The van der Waals surface area contributed by atoms with E-state index in [1.165, 1.54) is 0 Å². The number of anilines is 2. The molecule has 140 valence electrons. The Balaban J connectivity index is 1.59. The molecule has 5 nitrogen and oxygen atoms in total. The highest BCUT2D eigenvalue weighted by Crippen LogP contribution is 2.24. The monoisotopic (exact) mass is 364 g/mol. The maximum absolute atomic E-state index is 12.4. The van der Waals surface area contributed by atoms with Crippen molar-refractivity contribution in [1.29, 1.82) is 0 Å². The van der Waals surface area contributed by atoms with Crippen LogP contribution in [0, 0.1) is 13.8 Å². The van der Waals surface area contributed by atoms with E-state index in [1.807, 2.05) is 44.2 Å². The molecule has 0 aromatic heterocycles. The predicted molar refractivity (Wildman–Crippen MR) is 106 cm³/mol. The molecule has 1 aliphatic heterocycles. The molecule has 0 atom stereocenters. The lowest BCUT2D eigenvalue weighted by Crippen LogP contribution is -2.23. The third kappa shape index (κ3) is 4.61. The van der Waals surface area contributed by atoms with Crippen molar-refractivity contribution < 1.29 is 14.4 Å². The lowest BCUT2D eigenvalue weighted by Gasteiger charge is -2.16. The van der Waals surface area contributed by atoms with Gasteiger partial charge >= 0.3 is 0 Å². The summed E-state index contributed by atoms with van der Waals surface area (Å²) in [5.74, 6) is -0.126. The van der Waals surface area contributed by atoms with Gasteiger partial charge in [0.25, 0.3) is 0 Å². The molecule has 2 aromatic rings. The highest BCUT2D eigenvalue weighted by molar-refractivity contribution is 6.01. The highest BCUT2D eigenvalue weighted by atomic mass is 16.2. The summed E-state index contributed by atoms with van der Waals surface area (Å²) in [4.78, 5) is 38.3. The summed E-state index contributed by atoms with van der Waals surface area (Å²) in [5.41, 5.74) is 4.06. The van der Waals surface area contributed by atoms with Gasteiger partial charge in [-0.05, 0) is 50.1 Å². The first-order chi connectivity index (χ1) is 12.9. The molecule has 1 aliphatic rings. The molecule has 2 aromatic carbocycles. The molecule has 2 amide bonds. The minimum Gasteiger partial charge on any atom is -0.326 e. The van der Waals surface area contributed by atoms with Gasteiger partial charge < -0.3 is 10.2 Å². The number of carbonyl (C=O) groups excluding carboxylic acids is 3. The van der Waals surface area contributed by atoms with Gasteiger partial charge in [0.05, 0.1) is 0 Å². The van der Waals surface area contributed by atoms with Gasteiger partial charge in [-0.3, -0.25) is 14.4 Å². The minimum absolute atomic E-state index is 0.0252. The number of aryl methyl sites for hydroxylation is 2. The molecule has 0 unspecified atom stereocenters. The van der Waals surface area contributed by atoms with Gasteiger partial charge in [-0.2, -0.15) is 0 Å². The van der Waals surface area contributed by atoms with Crippen LogP contribution in [0.5, 0.6) is 0 Å². The Morgan fingerprint density at radius 2 is 1.89 bits per heavy atom. The molecule has 0 spiro atoms. The van der Waals surface area contributed by atoms with Crippen molar-refractivity contribution in [2.75, 3.05) is 16.8 Å². The highest BCUT2D eigenvalue weighted by Gasteiger charge is 2.21. The molecular weight excluding hydrogens is 340 g/mol. The number of rotatable bonds is 6. The molecule has 0 saturated carbocycles. The zero-order valence-corrected chi connectivity index (χ0v) is 15.7. The summed E-state index contributed by atoms with van der Waals surface area (Å²) in [6.07, 6.45) is 1.71. The molecule has 1 heterocycles. The van der Waals surface area contributed by atoms with Crippen LogP contribution in [0.4, 0.5) is 11.4 Å². The quantitative estimate of drug-likeness (QED) is 0.787. The van der Waals surface area contributed by atoms with Crippen LogP contribution in [0.25, 0.3) is 0 Å². The largest absolute Gasteiger partial charge is 0.326 e. The average Bonchev–Trinajstić information content (AvgIpc) is 3.08. The maximum atomic E-state index is 12.4. The second kappa shape index (κ2) is 8.16. The van der Waals surface area contributed by atoms with Crippen molar-refractivity contribution in [3.63, 3.8) is 0 Å². The Morgan fingerprint density at radius 3 is 2.63 bits per heavy atom. The Labute approximate surface area is 159 Å². The number of carbonyl (C=O) groups is 3. The van der Waals surface area contributed by atoms with Crippen molar-refractivity contribution in [3.05, 3.63) is 59.2 Å². The van der Waals surface area contributed by atoms with Crippen LogP contribution in [0.15, 0.2) is 42.5 Å². The van der Waals surface area contributed by atoms with Crippen LogP contribution in [0.1, 0.15) is 47.2 Å². The third-order valence-corrected chi connectivity index (χ3v) is 4.79. The van der Waals surface area contributed by atoms with Crippen molar-refractivity contribution in [2.45, 2.75) is 39.5 Å². The van der Waals surface area contributed by atoms with Gasteiger partial charge in [0, 0.05) is 42.7 Å². The number of Topliss-reactive ketones (excluding diaryl/α,β-unsaturated/α-hetero) is 1. The van der Waals surface area contributed by atoms with E-state index in [0.717, 1.165) is 23.2 Å². The first-order valence-electron chi connectivity index (χ1n) is 9.25. The Kier molecular flexibility index (Phi) is 5.69. The summed E-state index contributed by atoms with van der Waals surface area (Å²) in [7, 11) is 0. The molecule has 27 heavy (non-hydrogen) atoms. The molecule has 5 heteroatoms. The van der Waals surface area contributed by atoms with Gasteiger partial charge in [-0.25, -0.2) is 0 Å². The molecule has 3 rings (SSSR count). The van der Waals surface area contributed by atoms with Crippen molar-refractivity contribution >= 4 is 29.0 Å². The molecule has 0 radical (unpaired) electrons. The van der Waals surface area contributed by atoms with Crippen LogP contribution in [0.3, 0.4) is 0 Å². The second-order valence-corrected chi connectivity index (χ2v) is 6.99. The summed E-state index contributed by atoms with van der Waals surface area (Å²) >= 11 is 0. The lowest BCUT2D eigenvalue weighted by molar-refractivity contribution is -0.117. The number of ketones is 1. The van der Waals surface area contributed by atoms with E-state index in [-0.39, 0.29) is 30.4 Å². The van der Waals surface area contributed by atoms with Crippen LogP contribution in [-0.4, -0.2) is 24.1 Å². The summed E-state index contributed by atoms with van der Waals surface area (Å²) < 4.78 is 0. The van der Waals surface area contributed by atoms with Gasteiger partial charge in [0.15, 0.2) is 5.78 Å². The van der Waals surface area contributed by atoms with Crippen LogP contribution < -0.4 is 10.2 Å². The average molecular weight is 364 g/mol. The fraction of sp³-hybridized carbons (Fsp3) is 0.318. The molecule has 1 saturated heterocycles. The van der Waals surface area contributed by atoms with Crippen molar-refractivity contribution in [1.82, 2.24) is 0 Å². The molecule has 1 N–H and O–H groups in total. The summed E-state index contributed by atoms with van der Waals surface area (Å²) in [6, 6.07) is 13.0. The van der Waals surface area contributed by atoms with Crippen LogP contribution in [0.2, 0.25) is 0 Å². The lowest BCUT2D eigenvalue weighted by atomic mass is 9.99. The SMILES string of the molecule is Cc1ccc(C)c(C(=O)CCC(=O)Nc2cccc(N3CCCC3=O)c2)c1. The fourth-order valence-electron chi connectivity index (χ4n) is 3.29. The summed E-state index contributed by atoms with van der Waals surface area (Å²) in [6.45, 7) is 4.56. The smallest absolute Gasteiger partial charge is 0.227 e. The van der Waals surface area contributed by atoms with Crippen LogP contribution in [-0.2, 0) is 9.59 Å². The van der Waals surface area contributed by atoms with E-state index in [2.05, 4.69) is 5.32 Å². The van der Waals surface area contributed by atoms with Crippen molar-refractivity contribution in [3.8, 4) is 0 Å². The van der Waals surface area contributed by atoms with Crippen molar-refractivity contribution in [2.24, 2.45) is 0 Å². The Bertz CT molecular complexity index is 889. The first-order valence-corrected chi connectivity index (χ1v) is 9.25. The van der Waals surface area contributed by atoms with Gasteiger partial charge in [0.2, 0.25) is 11.8 Å². The fourth-order valence-corrected chi connectivity index (χ4v) is 3.29. The minimum atomic E-state index is -0.210. The topological polar surface area (TPSA) is 66.5 Å². The Hall–Kier alpha value is -2.95. The normalized spacial score (nSPS) is 13.7. The van der Waals surface area contributed by atoms with E-state index >= 15 is 0 Å². The Morgan fingerprint density at radius 1 is 1.07 bits per heavy atom. The zero-order valence-electron chi connectivity index (χ0n) is 15.7. The van der Waals surface area contributed by atoms with E-state index < -0.39 is 0 Å². The number of hydrogen-bond acceptors (Lipinski definition) is 3. The molecule has 1 fully saturated rings. The third-order valence-electron chi connectivity index (χ3n) is 4.79. The molecule has 0 bridgehead atoms. The standard InChI is InChI=1S/C22H24N2O3/c1-15-8-9-16(2)19(13-15)20(25)10-11-21(26)23-17-5-3-6-18(14-17)24-12-4-7-22(24)27/h3,5-6,8-9,13-14H,4,7,10-12H2,1-2H3,(H,23,26). The number of amides is 2. The molecular formula is C22H24N2O3. The van der Waals surface area contributed by atoms with E-state index in [0.29, 0.717) is 24.2 Å². The maximum Gasteiger partial charge on any atom is 0.227 e. The van der Waals surface area contributed by atoms with Gasteiger partial charge in [-0.15, -0.1) is 0 Å². The van der Waals surface area contributed by atoms with Gasteiger partial charge in [-0.1, -0.05) is 23.8 Å². The number of nitrogens with one attached hydrogen (secondary N) is 1. The second-order valence-electron chi connectivity index (χ2n) is 6.99. The number of benzene rings is 2. The number of hydrogen-bond donors (Lipinski definition) is 1. The van der Waals surface area contributed by atoms with Gasteiger partial charge in [0.1, 0.15) is 0 Å². The van der Waals surface area contributed by atoms with E-state index in [4.69, 9.17) is 0 Å².